The largest absolute Gasteiger partial charge is 0.491 e. The summed E-state index contributed by atoms with van der Waals surface area (Å²) in [6.07, 6.45) is 0.923. The Kier molecular flexibility index (Phi) is 6.39. The lowest BCUT2D eigenvalue weighted by Gasteiger charge is -2.20. The number of anilines is 1. The Balaban J connectivity index is 1.57. The van der Waals surface area contributed by atoms with Gasteiger partial charge in [-0.3, -0.25) is 4.79 Å². The van der Waals surface area contributed by atoms with E-state index in [4.69, 9.17) is 9.47 Å². The van der Waals surface area contributed by atoms with Crippen molar-refractivity contribution < 1.29 is 18.7 Å². The zero-order chi connectivity index (χ0) is 20.1. The maximum Gasteiger partial charge on any atom is 0.217 e. The molecule has 2 atom stereocenters. The number of halogens is 1. The number of hydrogen-bond donors (Lipinski definition) is 1. The topological polar surface area (TPSA) is 50.8 Å². The van der Waals surface area contributed by atoms with E-state index in [2.05, 4.69) is 10.2 Å². The third kappa shape index (κ3) is 4.94. The Morgan fingerprint density at radius 1 is 1.29 bits per heavy atom. The summed E-state index contributed by atoms with van der Waals surface area (Å²) in [4.78, 5) is 13.3. The van der Waals surface area contributed by atoms with Gasteiger partial charge in [0.15, 0.2) is 11.6 Å². The molecular weight excluding hydrogens is 359 g/mol. The summed E-state index contributed by atoms with van der Waals surface area (Å²) in [5, 5.41) is 2.87. The minimum atomic E-state index is -0.340. The van der Waals surface area contributed by atoms with E-state index in [0.29, 0.717) is 13.2 Å². The Morgan fingerprint density at radius 2 is 2.04 bits per heavy atom. The zero-order valence-electron chi connectivity index (χ0n) is 16.6. The first-order valence-corrected chi connectivity index (χ1v) is 9.67. The van der Waals surface area contributed by atoms with E-state index >= 15 is 0 Å². The molecule has 1 aliphatic heterocycles. The number of benzene rings is 2. The van der Waals surface area contributed by atoms with Gasteiger partial charge in [-0.25, -0.2) is 4.39 Å². The van der Waals surface area contributed by atoms with Crippen LogP contribution in [0.25, 0.3) is 0 Å². The van der Waals surface area contributed by atoms with E-state index in [9.17, 15) is 9.18 Å². The molecule has 0 spiro atoms. The number of carbonyl (C=O) groups is 1. The molecule has 0 unspecified atom stereocenters. The molecule has 0 saturated carbocycles. The van der Waals surface area contributed by atoms with Gasteiger partial charge in [-0.15, -0.1) is 0 Å². The molecule has 3 rings (SSSR count). The van der Waals surface area contributed by atoms with Gasteiger partial charge in [0, 0.05) is 31.6 Å². The van der Waals surface area contributed by atoms with Crippen LogP contribution in [0.5, 0.6) is 11.5 Å². The zero-order valence-corrected chi connectivity index (χ0v) is 16.6. The molecule has 150 valence electrons. The van der Waals surface area contributed by atoms with Gasteiger partial charge < -0.3 is 19.7 Å². The SMILES string of the molecule is CCOc1ccc(N2CC[C@@H](Oc3ccc([C@H](C)NC(C)=O)cc3)C2)cc1F. The van der Waals surface area contributed by atoms with E-state index < -0.39 is 0 Å². The molecule has 1 saturated heterocycles. The van der Waals surface area contributed by atoms with Crippen LogP contribution in [0.4, 0.5) is 10.1 Å². The standard InChI is InChI=1S/C22H27FN2O3/c1-4-27-22-10-7-18(13-21(22)23)25-12-11-20(14-25)28-19-8-5-17(6-9-19)15(2)24-16(3)26/h5-10,13,15,20H,4,11-12,14H2,1-3H3,(H,24,26)/t15-,20+/m0/s1. The summed E-state index contributed by atoms with van der Waals surface area (Å²) in [6.45, 7) is 7.26. The van der Waals surface area contributed by atoms with Crippen molar-refractivity contribution in [2.24, 2.45) is 0 Å². The maximum atomic E-state index is 14.1. The van der Waals surface area contributed by atoms with Gasteiger partial charge in [-0.2, -0.15) is 0 Å². The number of rotatable bonds is 7. The molecule has 1 N–H and O–H groups in total. The summed E-state index contributed by atoms with van der Waals surface area (Å²) < 4.78 is 25.5. The molecule has 1 fully saturated rings. The third-order valence-electron chi connectivity index (χ3n) is 4.83. The van der Waals surface area contributed by atoms with Crippen LogP contribution < -0.4 is 19.7 Å². The summed E-state index contributed by atoms with van der Waals surface area (Å²) in [7, 11) is 0. The second-order valence-electron chi connectivity index (χ2n) is 7.01. The van der Waals surface area contributed by atoms with Crippen molar-refractivity contribution in [1.29, 1.82) is 0 Å². The highest BCUT2D eigenvalue weighted by atomic mass is 19.1. The summed E-state index contributed by atoms with van der Waals surface area (Å²) in [6, 6.07) is 12.8. The lowest BCUT2D eigenvalue weighted by Crippen LogP contribution is -2.25. The number of hydrogen-bond acceptors (Lipinski definition) is 4. The number of nitrogens with zero attached hydrogens (tertiary/aromatic N) is 1. The molecule has 0 aliphatic carbocycles. The summed E-state index contributed by atoms with van der Waals surface area (Å²) in [5.41, 5.74) is 1.87. The fourth-order valence-corrected chi connectivity index (χ4v) is 3.43. The first kappa shape index (κ1) is 20.0. The van der Waals surface area contributed by atoms with E-state index in [1.54, 1.807) is 6.07 Å². The normalized spacial score (nSPS) is 17.3. The maximum absolute atomic E-state index is 14.1. The average molecular weight is 386 g/mol. The van der Waals surface area contributed by atoms with Crippen molar-refractivity contribution in [2.75, 3.05) is 24.6 Å². The van der Waals surface area contributed by atoms with Crippen LogP contribution in [0.15, 0.2) is 42.5 Å². The molecule has 6 heteroatoms. The predicted molar refractivity (Wildman–Crippen MR) is 107 cm³/mol. The van der Waals surface area contributed by atoms with Crippen LogP contribution in [0.1, 0.15) is 38.8 Å². The monoisotopic (exact) mass is 386 g/mol. The highest BCUT2D eigenvalue weighted by molar-refractivity contribution is 5.73. The minimum absolute atomic E-state index is 0.0388. The van der Waals surface area contributed by atoms with Gasteiger partial charge in [0.2, 0.25) is 5.91 Å². The van der Waals surface area contributed by atoms with Crippen molar-refractivity contribution >= 4 is 11.6 Å². The van der Waals surface area contributed by atoms with E-state index in [-0.39, 0.29) is 29.6 Å². The van der Waals surface area contributed by atoms with Crippen LogP contribution in [0.3, 0.4) is 0 Å². The second-order valence-corrected chi connectivity index (χ2v) is 7.01. The lowest BCUT2D eigenvalue weighted by atomic mass is 10.1. The van der Waals surface area contributed by atoms with E-state index in [1.807, 2.05) is 44.2 Å². The van der Waals surface area contributed by atoms with Crippen LogP contribution >= 0.6 is 0 Å². The highest BCUT2D eigenvalue weighted by Gasteiger charge is 2.25. The lowest BCUT2D eigenvalue weighted by molar-refractivity contribution is -0.119. The Labute approximate surface area is 165 Å². The predicted octanol–water partition coefficient (Wildman–Crippen LogP) is 4.08. The van der Waals surface area contributed by atoms with Gasteiger partial charge in [-0.1, -0.05) is 12.1 Å². The first-order valence-electron chi connectivity index (χ1n) is 9.67. The minimum Gasteiger partial charge on any atom is -0.491 e. The van der Waals surface area contributed by atoms with Crippen LogP contribution in [-0.2, 0) is 4.79 Å². The first-order chi connectivity index (χ1) is 13.5. The molecule has 2 aromatic rings. The molecule has 1 amide bonds. The van der Waals surface area contributed by atoms with Gasteiger partial charge in [0.05, 0.1) is 19.2 Å². The van der Waals surface area contributed by atoms with Crippen molar-refractivity contribution in [3.63, 3.8) is 0 Å². The third-order valence-corrected chi connectivity index (χ3v) is 4.83. The molecule has 2 aromatic carbocycles. The molecule has 0 bridgehead atoms. The molecule has 28 heavy (non-hydrogen) atoms. The Morgan fingerprint density at radius 3 is 2.68 bits per heavy atom. The van der Waals surface area contributed by atoms with E-state index in [1.165, 1.54) is 13.0 Å². The van der Waals surface area contributed by atoms with Crippen LogP contribution in [0, 0.1) is 5.82 Å². The van der Waals surface area contributed by atoms with Gasteiger partial charge in [-0.05, 0) is 43.7 Å². The molecule has 1 aliphatic rings. The van der Waals surface area contributed by atoms with E-state index in [0.717, 1.165) is 30.0 Å². The Bertz CT molecular complexity index is 810. The molecule has 5 nitrogen and oxygen atoms in total. The van der Waals surface area contributed by atoms with Gasteiger partial charge >= 0.3 is 0 Å². The highest BCUT2D eigenvalue weighted by Crippen LogP contribution is 2.28. The average Bonchev–Trinajstić information content (AvgIpc) is 3.12. The fourth-order valence-electron chi connectivity index (χ4n) is 3.43. The van der Waals surface area contributed by atoms with Crippen molar-refractivity contribution in [1.82, 2.24) is 5.32 Å². The van der Waals surface area contributed by atoms with Crippen molar-refractivity contribution in [3.8, 4) is 11.5 Å². The van der Waals surface area contributed by atoms with Gasteiger partial charge in [0.1, 0.15) is 11.9 Å². The molecule has 0 aromatic heterocycles. The molecular formula is C22H27FN2O3. The number of nitrogens with one attached hydrogen (secondary N) is 1. The van der Waals surface area contributed by atoms with Crippen LogP contribution in [-0.4, -0.2) is 31.7 Å². The van der Waals surface area contributed by atoms with Crippen molar-refractivity contribution in [3.05, 3.63) is 53.8 Å². The second kappa shape index (κ2) is 8.95. The summed E-state index contributed by atoms with van der Waals surface area (Å²) >= 11 is 0. The number of amides is 1. The fraction of sp³-hybridized carbons (Fsp3) is 0.409. The quantitative estimate of drug-likeness (QED) is 0.779. The number of carbonyl (C=O) groups excluding carboxylic acids is 1. The molecule has 0 radical (unpaired) electrons. The van der Waals surface area contributed by atoms with Crippen LogP contribution in [0.2, 0.25) is 0 Å². The number of ether oxygens (including phenoxy) is 2. The summed E-state index contributed by atoms with van der Waals surface area (Å²) in [5.74, 6) is 0.688. The van der Waals surface area contributed by atoms with Gasteiger partial charge in [0.25, 0.3) is 0 Å². The smallest absolute Gasteiger partial charge is 0.217 e. The van der Waals surface area contributed by atoms with Crippen molar-refractivity contribution in [2.45, 2.75) is 39.3 Å². The Hall–Kier alpha value is -2.76. The molecule has 1 heterocycles.